The number of carboxylic acid groups (broad SMARTS) is 1. The van der Waals surface area contributed by atoms with Crippen LogP contribution in [-0.4, -0.2) is 30.6 Å². The molecule has 9 nitrogen and oxygen atoms in total. The Morgan fingerprint density at radius 1 is 1.06 bits per heavy atom. The van der Waals surface area contributed by atoms with Crippen molar-refractivity contribution in [2.24, 2.45) is 0 Å². The van der Waals surface area contributed by atoms with Crippen LogP contribution in [0.1, 0.15) is 16.2 Å². The quantitative estimate of drug-likeness (QED) is 0.373. The number of hydrogen-bond donors (Lipinski definition) is 3. The van der Waals surface area contributed by atoms with Gasteiger partial charge in [0, 0.05) is 28.2 Å². The number of aromatic carboxylic acids is 1. The molecule has 0 atom stereocenters. The lowest BCUT2D eigenvalue weighted by molar-refractivity contribution is 0.0687. The summed E-state index contributed by atoms with van der Waals surface area (Å²) in [4.78, 5) is 47.0. The normalized spacial score (nSPS) is 11.5. The van der Waals surface area contributed by atoms with E-state index in [0.29, 0.717) is 33.1 Å². The molecule has 0 aliphatic rings. The van der Waals surface area contributed by atoms with E-state index < -0.39 is 17.2 Å². The Hall–Kier alpha value is -4.92. The first kappa shape index (κ1) is 19.7. The summed E-state index contributed by atoms with van der Waals surface area (Å²) in [5.74, 6) is -1.21. The summed E-state index contributed by atoms with van der Waals surface area (Å²) in [7, 11) is 0. The van der Waals surface area contributed by atoms with Crippen LogP contribution in [-0.2, 0) is 6.54 Å². The van der Waals surface area contributed by atoms with Crippen molar-refractivity contribution in [1.82, 2.24) is 19.5 Å². The zero-order chi connectivity index (χ0) is 23.4. The highest BCUT2D eigenvalue weighted by Crippen LogP contribution is 2.39. The van der Waals surface area contributed by atoms with Gasteiger partial charge in [-0.2, -0.15) is 4.98 Å². The molecule has 6 rings (SSSR count). The van der Waals surface area contributed by atoms with Crippen molar-refractivity contribution in [2.45, 2.75) is 6.54 Å². The van der Waals surface area contributed by atoms with Crippen LogP contribution >= 0.6 is 0 Å². The lowest BCUT2D eigenvalue weighted by Crippen LogP contribution is -2.18. The standard InChI is InChI=1S/C25H16N4O5/c30-23-15(5-3-10-26-23)19-20-18(8-7-13-9-11-34-22(13)20)29(21(19)24(31)32)12-17-14-4-1-2-6-16(14)27-25(33)28-17/h1-11H,12H2,(H,26,30)(H,31,32)(H,27,28,33). The second-order valence-corrected chi connectivity index (χ2v) is 7.86. The number of furan rings is 1. The van der Waals surface area contributed by atoms with Gasteiger partial charge in [0.2, 0.25) is 0 Å². The number of H-pyrrole nitrogens is 2. The number of aromatic nitrogens is 4. The van der Waals surface area contributed by atoms with Gasteiger partial charge in [0.05, 0.1) is 34.8 Å². The first-order valence-corrected chi connectivity index (χ1v) is 10.4. The fourth-order valence-corrected chi connectivity index (χ4v) is 4.57. The highest BCUT2D eigenvalue weighted by Gasteiger charge is 2.28. The number of carbonyl (C=O) groups is 1. The number of rotatable bonds is 4. The number of aromatic amines is 2. The largest absolute Gasteiger partial charge is 0.477 e. The van der Waals surface area contributed by atoms with Crippen LogP contribution in [0.4, 0.5) is 0 Å². The molecule has 0 saturated carbocycles. The minimum absolute atomic E-state index is 0.0351. The van der Waals surface area contributed by atoms with E-state index in [0.717, 1.165) is 5.39 Å². The van der Waals surface area contributed by atoms with Crippen molar-refractivity contribution < 1.29 is 14.3 Å². The molecule has 2 aromatic carbocycles. The van der Waals surface area contributed by atoms with Crippen molar-refractivity contribution >= 4 is 38.7 Å². The van der Waals surface area contributed by atoms with Crippen LogP contribution in [0.3, 0.4) is 0 Å². The first-order valence-electron chi connectivity index (χ1n) is 10.4. The van der Waals surface area contributed by atoms with Crippen LogP contribution < -0.4 is 11.2 Å². The van der Waals surface area contributed by atoms with Crippen LogP contribution in [0.15, 0.2) is 81.1 Å². The Bertz CT molecular complexity index is 1870. The summed E-state index contributed by atoms with van der Waals surface area (Å²) in [6, 6.07) is 15.8. The van der Waals surface area contributed by atoms with E-state index in [1.165, 1.54) is 12.5 Å². The molecule has 0 aliphatic heterocycles. The molecule has 4 heterocycles. The Morgan fingerprint density at radius 3 is 2.74 bits per heavy atom. The van der Waals surface area contributed by atoms with E-state index in [4.69, 9.17) is 4.42 Å². The van der Waals surface area contributed by atoms with Crippen molar-refractivity contribution in [2.75, 3.05) is 0 Å². The molecule has 6 aromatic rings. The molecule has 166 valence electrons. The van der Waals surface area contributed by atoms with Gasteiger partial charge in [-0.1, -0.05) is 18.2 Å². The van der Waals surface area contributed by atoms with E-state index in [-0.39, 0.29) is 23.4 Å². The summed E-state index contributed by atoms with van der Waals surface area (Å²) >= 11 is 0. The average molecular weight is 452 g/mol. The highest BCUT2D eigenvalue weighted by molar-refractivity contribution is 6.17. The van der Waals surface area contributed by atoms with Gasteiger partial charge < -0.3 is 24.1 Å². The lowest BCUT2D eigenvalue weighted by atomic mass is 10.0. The number of carboxylic acids is 1. The third kappa shape index (κ3) is 2.87. The van der Waals surface area contributed by atoms with Crippen molar-refractivity contribution in [3.63, 3.8) is 0 Å². The van der Waals surface area contributed by atoms with Crippen molar-refractivity contribution in [1.29, 1.82) is 0 Å². The number of para-hydroxylation sites is 1. The van der Waals surface area contributed by atoms with Crippen molar-refractivity contribution in [3.8, 4) is 11.1 Å². The second-order valence-electron chi connectivity index (χ2n) is 7.86. The zero-order valence-electron chi connectivity index (χ0n) is 17.5. The molecule has 0 radical (unpaired) electrons. The van der Waals surface area contributed by atoms with Crippen LogP contribution in [0.5, 0.6) is 0 Å². The molecule has 34 heavy (non-hydrogen) atoms. The number of fused-ring (bicyclic) bond motifs is 4. The fourth-order valence-electron chi connectivity index (χ4n) is 4.57. The second kappa shape index (κ2) is 7.31. The molecule has 9 heteroatoms. The Labute approximate surface area is 189 Å². The number of benzene rings is 2. The number of nitrogens with zero attached hydrogens (tertiary/aromatic N) is 2. The van der Waals surface area contributed by atoms with E-state index in [9.17, 15) is 19.5 Å². The third-order valence-electron chi connectivity index (χ3n) is 5.96. The minimum Gasteiger partial charge on any atom is -0.477 e. The zero-order valence-corrected chi connectivity index (χ0v) is 17.5. The summed E-state index contributed by atoms with van der Waals surface area (Å²) in [6.07, 6.45) is 3.01. The Kier molecular flexibility index (Phi) is 4.24. The summed E-state index contributed by atoms with van der Waals surface area (Å²) in [5.41, 5.74) is 1.46. The molecule has 0 bridgehead atoms. The summed E-state index contributed by atoms with van der Waals surface area (Å²) in [6.45, 7) is 0.0351. The van der Waals surface area contributed by atoms with Crippen molar-refractivity contribution in [3.05, 3.63) is 99.3 Å². The summed E-state index contributed by atoms with van der Waals surface area (Å²) in [5, 5.41) is 12.3. The topological polar surface area (TPSA) is 134 Å². The molecule has 0 amide bonds. The Morgan fingerprint density at radius 2 is 1.91 bits per heavy atom. The molecule has 0 unspecified atom stereocenters. The minimum atomic E-state index is -1.21. The molecular weight excluding hydrogens is 436 g/mol. The van der Waals surface area contributed by atoms with Gasteiger partial charge in [-0.15, -0.1) is 0 Å². The highest BCUT2D eigenvalue weighted by atomic mass is 16.4. The number of pyridine rings is 1. The maximum absolute atomic E-state index is 12.8. The van der Waals surface area contributed by atoms with Gasteiger partial charge in [-0.05, 0) is 36.4 Å². The maximum Gasteiger partial charge on any atom is 0.353 e. The van der Waals surface area contributed by atoms with Crippen LogP contribution in [0.25, 0.3) is 43.9 Å². The molecule has 4 aromatic heterocycles. The average Bonchev–Trinajstić information content (AvgIpc) is 3.42. The molecule has 3 N–H and O–H groups in total. The number of hydrogen-bond acceptors (Lipinski definition) is 5. The molecular formula is C25H16N4O5. The predicted octanol–water partition coefficient (Wildman–Crippen LogP) is 3.73. The van der Waals surface area contributed by atoms with Gasteiger partial charge >= 0.3 is 11.7 Å². The van der Waals surface area contributed by atoms with E-state index in [1.807, 2.05) is 18.2 Å². The molecule has 0 spiro atoms. The SMILES string of the molecule is O=C(O)c1c(-c2ccc[nH]c2=O)c2c3occc3ccc2n1Cc1[nH]c(=O)nc2ccccc12. The van der Waals surface area contributed by atoms with Gasteiger partial charge in [-0.25, -0.2) is 9.59 Å². The fraction of sp³-hybridized carbons (Fsp3) is 0.0400. The lowest BCUT2D eigenvalue weighted by Gasteiger charge is -2.11. The van der Waals surface area contributed by atoms with Gasteiger partial charge in [0.25, 0.3) is 5.56 Å². The summed E-state index contributed by atoms with van der Waals surface area (Å²) < 4.78 is 7.32. The van der Waals surface area contributed by atoms with Gasteiger partial charge in [0.15, 0.2) is 0 Å². The monoisotopic (exact) mass is 452 g/mol. The Balaban J connectivity index is 1.75. The van der Waals surface area contributed by atoms with Crippen LogP contribution in [0, 0.1) is 0 Å². The van der Waals surface area contributed by atoms with Gasteiger partial charge in [-0.3, -0.25) is 4.79 Å². The van der Waals surface area contributed by atoms with E-state index in [2.05, 4.69) is 15.0 Å². The van der Waals surface area contributed by atoms with Crippen LogP contribution in [0.2, 0.25) is 0 Å². The molecule has 0 saturated heterocycles. The smallest absolute Gasteiger partial charge is 0.353 e. The predicted molar refractivity (Wildman–Crippen MR) is 126 cm³/mol. The number of nitrogens with one attached hydrogen (secondary N) is 2. The first-order chi connectivity index (χ1) is 16.5. The maximum atomic E-state index is 12.8. The van der Waals surface area contributed by atoms with E-state index >= 15 is 0 Å². The van der Waals surface area contributed by atoms with Gasteiger partial charge in [0.1, 0.15) is 11.3 Å². The molecule has 0 aliphatic carbocycles. The van der Waals surface area contributed by atoms with E-state index in [1.54, 1.807) is 41.0 Å². The molecule has 0 fully saturated rings. The third-order valence-corrected chi connectivity index (χ3v) is 5.96.